The maximum absolute atomic E-state index is 13.7. The summed E-state index contributed by atoms with van der Waals surface area (Å²) in [5.74, 6) is -0.165. The highest BCUT2D eigenvalue weighted by Gasteiger charge is 2.63. The molecule has 1 N–H and O–H groups in total. The van der Waals surface area contributed by atoms with Crippen molar-refractivity contribution in [1.29, 1.82) is 5.26 Å². The first kappa shape index (κ1) is 27.3. The van der Waals surface area contributed by atoms with Crippen LogP contribution in [0, 0.1) is 11.3 Å². The first-order valence-electron chi connectivity index (χ1n) is 13.1. The Balaban J connectivity index is 1.67. The number of ether oxygens (including phenoxy) is 1. The van der Waals surface area contributed by atoms with E-state index in [4.69, 9.17) is 27.9 Å². The molecular weight excluding hydrogens is 509 g/mol. The Morgan fingerprint density at radius 1 is 1.08 bits per heavy atom. The van der Waals surface area contributed by atoms with Gasteiger partial charge in [0.15, 0.2) is 0 Å². The number of benzene rings is 2. The van der Waals surface area contributed by atoms with Crippen LogP contribution in [0.3, 0.4) is 0 Å². The van der Waals surface area contributed by atoms with E-state index in [-0.39, 0.29) is 12.0 Å². The molecule has 2 aromatic carbocycles. The van der Waals surface area contributed by atoms with Crippen molar-refractivity contribution in [3.8, 4) is 6.07 Å². The molecule has 8 heteroatoms. The molecule has 2 amide bonds. The van der Waals surface area contributed by atoms with Gasteiger partial charge >= 0.3 is 12.0 Å². The Morgan fingerprint density at radius 3 is 2.46 bits per heavy atom. The lowest BCUT2D eigenvalue weighted by molar-refractivity contribution is -0.143. The maximum Gasteiger partial charge on any atom is 0.323 e. The van der Waals surface area contributed by atoms with Gasteiger partial charge in [0.2, 0.25) is 0 Å². The second-order valence-corrected chi connectivity index (χ2v) is 10.9. The minimum absolute atomic E-state index is 0.139. The second-order valence-electron chi connectivity index (χ2n) is 10.1. The minimum Gasteiger partial charge on any atom is -0.466 e. The van der Waals surface area contributed by atoms with E-state index in [0.29, 0.717) is 40.7 Å². The highest BCUT2D eigenvalue weighted by molar-refractivity contribution is 6.35. The number of nitrogens with one attached hydrogen (secondary N) is 1. The lowest BCUT2D eigenvalue weighted by atomic mass is 9.62. The molecule has 1 aliphatic heterocycles. The third-order valence-electron chi connectivity index (χ3n) is 7.78. The van der Waals surface area contributed by atoms with E-state index in [1.807, 2.05) is 48.2 Å². The smallest absolute Gasteiger partial charge is 0.323 e. The van der Waals surface area contributed by atoms with Gasteiger partial charge in [-0.25, -0.2) is 4.79 Å². The molecule has 1 heterocycles. The first-order chi connectivity index (χ1) is 17.8. The lowest BCUT2D eigenvalue weighted by Crippen LogP contribution is -2.64. The number of nitrogens with zero attached hydrogens (tertiary/aromatic N) is 2. The number of nitriles is 1. The van der Waals surface area contributed by atoms with Gasteiger partial charge in [-0.1, -0.05) is 61.0 Å². The van der Waals surface area contributed by atoms with Crippen LogP contribution in [-0.4, -0.2) is 29.7 Å². The van der Waals surface area contributed by atoms with Crippen LogP contribution < -0.4 is 10.2 Å². The summed E-state index contributed by atoms with van der Waals surface area (Å²) in [7, 11) is 0. The highest BCUT2D eigenvalue weighted by Crippen LogP contribution is 2.52. The largest absolute Gasteiger partial charge is 0.466 e. The van der Waals surface area contributed by atoms with Gasteiger partial charge in [0.05, 0.1) is 29.3 Å². The standard InChI is InChI=1S/C29H33Cl2N3O3/c1-2-37-26(35)8-4-3-5-14-29-15-7-6-13-28(29,19-21-9-11-22(20-32)12-10-21)33-27(36)34(29)25-17-23(30)16-24(31)18-25/h9-12,16-18H,2-8,13-15,19H2,1H3,(H,33,36). The third-order valence-corrected chi connectivity index (χ3v) is 8.22. The third kappa shape index (κ3) is 5.73. The molecule has 1 saturated carbocycles. The summed E-state index contributed by atoms with van der Waals surface area (Å²) in [6, 6.07) is 15.0. The van der Waals surface area contributed by atoms with Gasteiger partial charge in [-0.3, -0.25) is 9.69 Å². The summed E-state index contributed by atoms with van der Waals surface area (Å²) >= 11 is 12.8. The van der Waals surface area contributed by atoms with Gasteiger partial charge in [0.25, 0.3) is 0 Å². The molecule has 0 radical (unpaired) electrons. The molecule has 2 aromatic rings. The van der Waals surface area contributed by atoms with Crippen molar-refractivity contribution < 1.29 is 14.3 Å². The normalized spacial score (nSPS) is 22.8. The highest BCUT2D eigenvalue weighted by atomic mass is 35.5. The molecule has 2 atom stereocenters. The molecule has 37 heavy (non-hydrogen) atoms. The number of amides is 2. The molecular formula is C29H33Cl2N3O3. The van der Waals surface area contributed by atoms with E-state index in [0.717, 1.165) is 56.9 Å². The minimum atomic E-state index is -0.480. The van der Waals surface area contributed by atoms with Crippen LogP contribution in [0.1, 0.15) is 75.8 Å². The number of carbonyl (C=O) groups excluding carboxylic acids is 2. The van der Waals surface area contributed by atoms with Crippen molar-refractivity contribution in [2.75, 3.05) is 11.5 Å². The predicted molar refractivity (Wildman–Crippen MR) is 146 cm³/mol. The average molecular weight is 543 g/mol. The number of carbonyl (C=O) groups is 2. The molecule has 0 spiro atoms. The van der Waals surface area contributed by atoms with E-state index >= 15 is 0 Å². The van der Waals surface area contributed by atoms with E-state index in [1.54, 1.807) is 6.07 Å². The fraction of sp³-hybridized carbons (Fsp3) is 0.483. The van der Waals surface area contributed by atoms with E-state index < -0.39 is 11.1 Å². The predicted octanol–water partition coefficient (Wildman–Crippen LogP) is 7.20. The van der Waals surface area contributed by atoms with Gasteiger partial charge in [-0.05, 0) is 74.9 Å². The van der Waals surface area contributed by atoms with Gasteiger partial charge in [0, 0.05) is 22.2 Å². The molecule has 4 rings (SSSR count). The van der Waals surface area contributed by atoms with Crippen LogP contribution >= 0.6 is 23.2 Å². The van der Waals surface area contributed by atoms with E-state index in [2.05, 4.69) is 11.4 Å². The van der Waals surface area contributed by atoms with Crippen LogP contribution in [0.2, 0.25) is 10.0 Å². The van der Waals surface area contributed by atoms with Gasteiger partial charge in [0.1, 0.15) is 0 Å². The monoisotopic (exact) mass is 541 g/mol. The molecule has 6 nitrogen and oxygen atoms in total. The van der Waals surface area contributed by atoms with Crippen molar-refractivity contribution in [3.05, 3.63) is 63.6 Å². The summed E-state index contributed by atoms with van der Waals surface area (Å²) in [5, 5.41) is 13.6. The summed E-state index contributed by atoms with van der Waals surface area (Å²) in [6.45, 7) is 2.21. The zero-order chi connectivity index (χ0) is 26.5. The Kier molecular flexibility index (Phi) is 8.67. The number of rotatable bonds is 10. The molecule has 2 fully saturated rings. The van der Waals surface area contributed by atoms with Gasteiger partial charge in [-0.15, -0.1) is 0 Å². The number of halogens is 2. The summed E-state index contributed by atoms with van der Waals surface area (Å²) in [4.78, 5) is 27.4. The Labute approximate surface area is 228 Å². The van der Waals surface area contributed by atoms with Crippen LogP contribution in [-0.2, 0) is 16.0 Å². The van der Waals surface area contributed by atoms with E-state index in [9.17, 15) is 14.9 Å². The number of urea groups is 1. The van der Waals surface area contributed by atoms with Gasteiger partial charge in [-0.2, -0.15) is 5.26 Å². The zero-order valence-electron chi connectivity index (χ0n) is 21.2. The number of hydrogen-bond acceptors (Lipinski definition) is 4. The molecule has 2 aliphatic rings. The van der Waals surface area contributed by atoms with Crippen molar-refractivity contribution in [3.63, 3.8) is 0 Å². The zero-order valence-corrected chi connectivity index (χ0v) is 22.7. The molecule has 0 aromatic heterocycles. The second kappa shape index (κ2) is 11.8. The summed E-state index contributed by atoms with van der Waals surface area (Å²) in [5.41, 5.74) is 1.44. The molecule has 2 unspecified atom stereocenters. The van der Waals surface area contributed by atoms with Crippen molar-refractivity contribution in [1.82, 2.24) is 5.32 Å². The summed E-state index contributed by atoms with van der Waals surface area (Å²) < 4.78 is 5.07. The van der Waals surface area contributed by atoms with Crippen LogP contribution in [0.5, 0.6) is 0 Å². The topological polar surface area (TPSA) is 82.4 Å². The molecule has 1 saturated heterocycles. The first-order valence-corrected chi connectivity index (χ1v) is 13.8. The Bertz CT molecular complexity index is 1160. The quantitative estimate of drug-likeness (QED) is 0.254. The number of anilines is 1. The summed E-state index contributed by atoms with van der Waals surface area (Å²) in [6.07, 6.45) is 8.08. The number of esters is 1. The van der Waals surface area contributed by atoms with Crippen LogP contribution in [0.4, 0.5) is 10.5 Å². The fourth-order valence-corrected chi connectivity index (χ4v) is 6.74. The van der Waals surface area contributed by atoms with Crippen LogP contribution in [0.25, 0.3) is 0 Å². The Hall–Kier alpha value is -2.75. The SMILES string of the molecule is CCOC(=O)CCCCCC12CCCCC1(Cc1ccc(C#N)cc1)NC(=O)N2c1cc(Cl)cc(Cl)c1. The number of fused-ring (bicyclic) bond motifs is 1. The lowest BCUT2D eigenvalue weighted by Gasteiger charge is -2.52. The van der Waals surface area contributed by atoms with Crippen molar-refractivity contribution in [2.45, 2.75) is 82.2 Å². The molecule has 196 valence electrons. The number of unbranched alkanes of at least 4 members (excludes halogenated alkanes) is 2. The van der Waals surface area contributed by atoms with Crippen molar-refractivity contribution >= 4 is 40.9 Å². The average Bonchev–Trinajstić information content (AvgIpc) is 3.11. The fourth-order valence-electron chi connectivity index (χ4n) is 6.22. The maximum atomic E-state index is 13.7. The van der Waals surface area contributed by atoms with Crippen LogP contribution in [0.15, 0.2) is 42.5 Å². The van der Waals surface area contributed by atoms with E-state index in [1.165, 1.54) is 0 Å². The van der Waals surface area contributed by atoms with Crippen molar-refractivity contribution in [2.24, 2.45) is 0 Å². The molecule has 1 aliphatic carbocycles. The van der Waals surface area contributed by atoms with Gasteiger partial charge < -0.3 is 10.1 Å². The Morgan fingerprint density at radius 2 is 1.78 bits per heavy atom. The molecule has 0 bridgehead atoms. The number of hydrogen-bond donors (Lipinski definition) is 1.